The Bertz CT molecular complexity index is 1270. The van der Waals surface area contributed by atoms with Gasteiger partial charge in [0.05, 0.1) is 11.2 Å². The predicted octanol–water partition coefficient (Wildman–Crippen LogP) is 3.74. The number of aromatic nitrogens is 1. The van der Waals surface area contributed by atoms with Crippen molar-refractivity contribution in [3.63, 3.8) is 0 Å². The van der Waals surface area contributed by atoms with E-state index < -0.39 is 26.6 Å². The molecule has 0 aliphatic carbocycles. The van der Waals surface area contributed by atoms with Gasteiger partial charge in [-0.2, -0.15) is 4.31 Å². The van der Waals surface area contributed by atoms with E-state index in [1.165, 1.54) is 4.90 Å². The second-order valence-electron chi connectivity index (χ2n) is 7.46. The summed E-state index contributed by atoms with van der Waals surface area (Å²) in [5.74, 6) is -1.14. The molecule has 0 radical (unpaired) electrons. The number of carbonyl (C=O) groups is 1. The Hall–Kier alpha value is -2.82. The van der Waals surface area contributed by atoms with E-state index >= 15 is 0 Å². The Morgan fingerprint density at radius 1 is 1.09 bits per heavy atom. The fourth-order valence-electron chi connectivity index (χ4n) is 3.58. The number of hydrogen-bond donors (Lipinski definition) is 0. The minimum atomic E-state index is -4.20. The van der Waals surface area contributed by atoms with Crippen LogP contribution in [0.4, 0.5) is 8.78 Å². The fourth-order valence-corrected chi connectivity index (χ4v) is 5.30. The monoisotopic (exact) mass is 495 g/mol. The third-order valence-electron chi connectivity index (χ3n) is 5.35. The highest BCUT2D eigenvalue weighted by molar-refractivity contribution is 7.89. The summed E-state index contributed by atoms with van der Waals surface area (Å²) < 4.78 is 59.5. The van der Waals surface area contributed by atoms with Crippen LogP contribution in [0, 0.1) is 11.6 Å². The summed E-state index contributed by atoms with van der Waals surface area (Å²) in [4.78, 5) is 17.6. The third kappa shape index (κ3) is 5.07. The summed E-state index contributed by atoms with van der Waals surface area (Å²) in [7, 11) is -4.20. The van der Waals surface area contributed by atoms with Crippen LogP contribution in [0.2, 0.25) is 5.02 Å². The largest absolute Gasteiger partial charge is 0.441 e. The molecule has 1 aliphatic rings. The number of sulfonamides is 1. The molecule has 2 aromatic carbocycles. The molecule has 0 N–H and O–H groups in total. The summed E-state index contributed by atoms with van der Waals surface area (Å²) in [6.45, 7) is 0.260. The molecule has 33 heavy (non-hydrogen) atoms. The fraction of sp³-hybridized carbons (Fsp3) is 0.273. The van der Waals surface area contributed by atoms with E-state index in [1.54, 1.807) is 24.4 Å². The standard InChI is InChI=1S/C22H20ClF2N3O4S/c23-17-4-2-1-3-16(17)19-14-26-21(32-19)7-8-22(29)27-9-11-28(12-10-27)33(30,31)20-13-15(24)5-6-18(20)25/h1-6,13-14H,7-12H2. The average Bonchev–Trinajstić information content (AvgIpc) is 3.28. The second kappa shape index (κ2) is 9.58. The summed E-state index contributed by atoms with van der Waals surface area (Å²) >= 11 is 6.16. The number of rotatable bonds is 6. The maximum absolute atomic E-state index is 14.0. The van der Waals surface area contributed by atoms with E-state index in [2.05, 4.69) is 4.98 Å². The molecule has 174 valence electrons. The minimum absolute atomic E-state index is 0.0142. The highest BCUT2D eigenvalue weighted by Crippen LogP contribution is 2.28. The van der Waals surface area contributed by atoms with E-state index in [0.717, 1.165) is 16.4 Å². The van der Waals surface area contributed by atoms with Gasteiger partial charge in [-0.05, 0) is 30.3 Å². The molecule has 0 saturated carbocycles. The molecular formula is C22H20ClF2N3O4S. The molecule has 1 amide bonds. The second-order valence-corrected chi connectivity index (χ2v) is 9.77. The number of hydrogen-bond acceptors (Lipinski definition) is 5. The van der Waals surface area contributed by atoms with Crippen molar-refractivity contribution in [1.29, 1.82) is 0 Å². The quantitative estimate of drug-likeness (QED) is 0.520. The van der Waals surface area contributed by atoms with Gasteiger partial charge in [-0.1, -0.05) is 23.7 Å². The zero-order valence-electron chi connectivity index (χ0n) is 17.4. The summed E-state index contributed by atoms with van der Waals surface area (Å²) in [6.07, 6.45) is 1.96. The van der Waals surface area contributed by atoms with Crippen molar-refractivity contribution in [3.8, 4) is 11.3 Å². The van der Waals surface area contributed by atoms with Crippen LogP contribution >= 0.6 is 11.6 Å². The number of nitrogens with zero attached hydrogens (tertiary/aromatic N) is 3. The third-order valence-corrected chi connectivity index (χ3v) is 7.59. The highest BCUT2D eigenvalue weighted by Gasteiger charge is 2.32. The first kappa shape index (κ1) is 23.3. The number of benzene rings is 2. The van der Waals surface area contributed by atoms with E-state index in [-0.39, 0.29) is 44.9 Å². The lowest BCUT2D eigenvalue weighted by molar-refractivity contribution is -0.132. The first-order chi connectivity index (χ1) is 15.8. The van der Waals surface area contributed by atoms with Gasteiger partial charge in [0, 0.05) is 44.6 Å². The van der Waals surface area contributed by atoms with Gasteiger partial charge in [0.15, 0.2) is 11.7 Å². The van der Waals surface area contributed by atoms with Crippen molar-refractivity contribution in [3.05, 3.63) is 71.2 Å². The van der Waals surface area contributed by atoms with Gasteiger partial charge in [-0.25, -0.2) is 22.2 Å². The van der Waals surface area contributed by atoms with Gasteiger partial charge >= 0.3 is 0 Å². The van der Waals surface area contributed by atoms with E-state index in [9.17, 15) is 22.0 Å². The Balaban J connectivity index is 1.33. The van der Waals surface area contributed by atoms with Crippen LogP contribution in [0.1, 0.15) is 12.3 Å². The predicted molar refractivity (Wildman–Crippen MR) is 117 cm³/mol. The maximum Gasteiger partial charge on any atom is 0.246 e. The lowest BCUT2D eigenvalue weighted by Gasteiger charge is -2.34. The molecule has 7 nitrogen and oxygen atoms in total. The first-order valence-electron chi connectivity index (χ1n) is 10.2. The Labute approximate surface area is 194 Å². The number of aryl methyl sites for hydroxylation is 1. The average molecular weight is 496 g/mol. The SMILES string of the molecule is O=C(CCc1ncc(-c2ccccc2Cl)o1)N1CCN(S(=O)(=O)c2cc(F)ccc2F)CC1. The van der Waals surface area contributed by atoms with E-state index in [1.807, 2.05) is 6.07 Å². The molecule has 0 spiro atoms. The van der Waals surface area contributed by atoms with Crippen molar-refractivity contribution < 1.29 is 26.4 Å². The van der Waals surface area contributed by atoms with Crippen LogP contribution in [0.15, 0.2) is 58.0 Å². The summed E-state index contributed by atoms with van der Waals surface area (Å²) in [6, 6.07) is 9.48. The zero-order chi connectivity index (χ0) is 23.6. The lowest BCUT2D eigenvalue weighted by atomic mass is 10.2. The molecule has 1 aliphatic heterocycles. The first-order valence-corrected chi connectivity index (χ1v) is 12.0. The van der Waals surface area contributed by atoms with Gasteiger partial charge in [-0.15, -0.1) is 0 Å². The van der Waals surface area contributed by atoms with Gasteiger partial charge in [0.1, 0.15) is 16.5 Å². The summed E-state index contributed by atoms with van der Waals surface area (Å²) in [5.41, 5.74) is 0.705. The van der Waals surface area contributed by atoms with Crippen LogP contribution in [0.5, 0.6) is 0 Å². The van der Waals surface area contributed by atoms with Gasteiger partial charge < -0.3 is 9.32 Å². The zero-order valence-corrected chi connectivity index (χ0v) is 19.0. The highest BCUT2D eigenvalue weighted by atomic mass is 35.5. The van der Waals surface area contributed by atoms with E-state index in [4.69, 9.17) is 16.0 Å². The lowest BCUT2D eigenvalue weighted by Crippen LogP contribution is -2.50. The summed E-state index contributed by atoms with van der Waals surface area (Å²) in [5, 5.41) is 0.530. The smallest absolute Gasteiger partial charge is 0.246 e. The topological polar surface area (TPSA) is 83.7 Å². The number of oxazole rings is 1. The normalized spacial score (nSPS) is 15.1. The molecular weight excluding hydrogens is 476 g/mol. The van der Waals surface area contributed by atoms with Crippen LogP contribution in [0.25, 0.3) is 11.3 Å². The van der Waals surface area contributed by atoms with Crippen LogP contribution in [0.3, 0.4) is 0 Å². The molecule has 3 aromatic rings. The molecule has 1 aromatic heterocycles. The molecule has 11 heteroatoms. The van der Waals surface area contributed by atoms with Crippen molar-refractivity contribution in [2.45, 2.75) is 17.7 Å². The maximum atomic E-state index is 14.0. The molecule has 1 fully saturated rings. The van der Waals surface area contributed by atoms with Crippen molar-refractivity contribution in [2.24, 2.45) is 0 Å². The molecule has 0 bridgehead atoms. The van der Waals surface area contributed by atoms with Crippen LogP contribution < -0.4 is 0 Å². The number of piperazine rings is 1. The van der Waals surface area contributed by atoms with Crippen molar-refractivity contribution in [1.82, 2.24) is 14.2 Å². The van der Waals surface area contributed by atoms with Gasteiger partial charge in [0.25, 0.3) is 0 Å². The molecule has 0 unspecified atom stereocenters. The molecule has 0 atom stereocenters. The number of carbonyl (C=O) groups excluding carboxylic acids is 1. The van der Waals surface area contributed by atoms with Gasteiger partial charge in [-0.3, -0.25) is 4.79 Å². The number of amides is 1. The number of halogens is 3. The van der Waals surface area contributed by atoms with Crippen LogP contribution in [-0.4, -0.2) is 54.7 Å². The molecule has 2 heterocycles. The van der Waals surface area contributed by atoms with Crippen molar-refractivity contribution in [2.75, 3.05) is 26.2 Å². The van der Waals surface area contributed by atoms with E-state index in [0.29, 0.717) is 28.3 Å². The Morgan fingerprint density at radius 2 is 1.82 bits per heavy atom. The van der Waals surface area contributed by atoms with Gasteiger partial charge in [0.2, 0.25) is 15.9 Å². The molecule has 4 rings (SSSR count). The minimum Gasteiger partial charge on any atom is -0.441 e. The van der Waals surface area contributed by atoms with Crippen molar-refractivity contribution >= 4 is 27.5 Å². The Kier molecular flexibility index (Phi) is 6.78. The van der Waals surface area contributed by atoms with Crippen LogP contribution in [-0.2, 0) is 21.2 Å². The molecule has 1 saturated heterocycles. The Morgan fingerprint density at radius 3 is 2.55 bits per heavy atom.